The zero-order valence-electron chi connectivity index (χ0n) is 33.6. The molecule has 1 aliphatic carbocycles. The highest BCUT2D eigenvalue weighted by atomic mass is 15.2. The lowest BCUT2D eigenvalue weighted by Crippen LogP contribution is -2.15. The number of para-hydroxylation sites is 3. The number of hydrogen-bond acceptors (Lipinski definition) is 2. The molecular weight excluding hydrogens is 739 g/mol. The Labute approximate surface area is 356 Å². The van der Waals surface area contributed by atoms with Crippen LogP contribution in [0.3, 0.4) is 0 Å². The molecule has 0 bridgehead atoms. The second-order valence-corrected chi connectivity index (χ2v) is 16.1. The fourth-order valence-electron chi connectivity index (χ4n) is 9.74. The van der Waals surface area contributed by atoms with Gasteiger partial charge in [-0.1, -0.05) is 152 Å². The van der Waals surface area contributed by atoms with Crippen LogP contribution in [0.4, 0.5) is 34.1 Å². The predicted octanol–water partition coefficient (Wildman–Crippen LogP) is 16.1. The van der Waals surface area contributed by atoms with E-state index < -0.39 is 0 Å². The van der Waals surface area contributed by atoms with E-state index in [1.54, 1.807) is 0 Å². The van der Waals surface area contributed by atoms with Gasteiger partial charge in [-0.2, -0.15) is 0 Å². The van der Waals surface area contributed by atoms with Crippen molar-refractivity contribution in [1.29, 1.82) is 0 Å². The first-order valence-electron chi connectivity index (χ1n) is 21.2. The van der Waals surface area contributed by atoms with Crippen molar-refractivity contribution in [1.82, 2.24) is 4.57 Å². The molecule has 1 aromatic heterocycles. The third kappa shape index (κ3) is 5.89. The van der Waals surface area contributed by atoms with Crippen molar-refractivity contribution in [2.75, 3.05) is 9.80 Å². The molecule has 0 fully saturated rings. The number of fused-ring (bicyclic) bond motifs is 5. The SMILES string of the molecule is C1=CCC(c2ccc(N(c3ccc(-c4ccc5c(c4)N(c4ccccc4)c4cccc6cccc-5c46)cc3)c3ccc4c5ccccc5n(-c5ccccc5)c4c3)cc2)C=C1. The fourth-order valence-corrected chi connectivity index (χ4v) is 9.74. The molecule has 288 valence electrons. The van der Waals surface area contributed by atoms with Crippen LogP contribution in [0.5, 0.6) is 0 Å². The number of rotatable bonds is 7. The molecule has 10 aromatic rings. The van der Waals surface area contributed by atoms with Crippen LogP contribution >= 0.6 is 0 Å². The van der Waals surface area contributed by atoms with Crippen LogP contribution in [0.25, 0.3) is 60.5 Å². The van der Waals surface area contributed by atoms with Crippen LogP contribution in [0.1, 0.15) is 17.9 Å². The molecule has 0 radical (unpaired) electrons. The lowest BCUT2D eigenvalue weighted by Gasteiger charge is -2.34. The summed E-state index contributed by atoms with van der Waals surface area (Å²) >= 11 is 0. The lowest BCUT2D eigenvalue weighted by molar-refractivity contribution is 0.854. The molecule has 0 N–H and O–H groups in total. The van der Waals surface area contributed by atoms with Crippen LogP contribution in [-0.4, -0.2) is 4.57 Å². The number of nitrogens with zero attached hydrogens (tertiary/aromatic N) is 3. The van der Waals surface area contributed by atoms with Crippen molar-refractivity contribution in [3.05, 3.63) is 236 Å². The summed E-state index contributed by atoms with van der Waals surface area (Å²) in [6.07, 6.45) is 9.90. The molecule has 3 heteroatoms. The van der Waals surface area contributed by atoms with E-state index in [-0.39, 0.29) is 0 Å². The molecule has 12 rings (SSSR count). The Kier molecular flexibility index (Phi) is 8.31. The first kappa shape index (κ1) is 35.1. The quantitative estimate of drug-likeness (QED) is 0.160. The summed E-state index contributed by atoms with van der Waals surface area (Å²) < 4.78 is 2.40. The van der Waals surface area contributed by atoms with Gasteiger partial charge in [0.05, 0.1) is 22.4 Å². The second-order valence-electron chi connectivity index (χ2n) is 16.1. The maximum atomic E-state index is 2.43. The number of aromatic nitrogens is 1. The standard InChI is InChI=1S/C58H41N3/c1-4-14-40(15-5-1)41-26-31-47(32-27-41)59(49-35-37-51-50-22-10-11-24-54(50)60(57(51)39-49)45-18-6-2-7-19-45)48-33-28-42(29-34-48)44-30-36-52-53-23-12-16-43-17-13-25-55(58(43)53)61(56(52)38-44)46-20-8-3-9-21-46/h1-14,16-40H,15H2. The van der Waals surface area contributed by atoms with Gasteiger partial charge >= 0.3 is 0 Å². The molecule has 61 heavy (non-hydrogen) atoms. The first-order chi connectivity index (χ1) is 30.3. The predicted molar refractivity (Wildman–Crippen MR) is 258 cm³/mol. The van der Waals surface area contributed by atoms with Gasteiger partial charge in [0.1, 0.15) is 0 Å². The summed E-state index contributed by atoms with van der Waals surface area (Å²) in [6, 6.07) is 75.7. The van der Waals surface area contributed by atoms with Crippen LogP contribution in [0.2, 0.25) is 0 Å². The Morgan fingerprint density at radius 2 is 1.11 bits per heavy atom. The molecule has 1 atom stereocenters. The van der Waals surface area contributed by atoms with Crippen molar-refractivity contribution in [3.63, 3.8) is 0 Å². The molecule has 0 amide bonds. The largest absolute Gasteiger partial charge is 0.310 e. The topological polar surface area (TPSA) is 11.4 Å². The average Bonchev–Trinajstić information content (AvgIpc) is 3.67. The van der Waals surface area contributed by atoms with Gasteiger partial charge in [-0.05, 0) is 113 Å². The number of allylic oxidation sites excluding steroid dienone is 4. The molecule has 1 aliphatic heterocycles. The minimum Gasteiger partial charge on any atom is -0.310 e. The molecule has 1 unspecified atom stereocenters. The molecule has 0 saturated carbocycles. The van der Waals surface area contributed by atoms with E-state index in [9.17, 15) is 0 Å². The van der Waals surface area contributed by atoms with Gasteiger partial charge in [-0.25, -0.2) is 0 Å². The molecule has 0 saturated heterocycles. The van der Waals surface area contributed by atoms with Crippen molar-refractivity contribution in [2.45, 2.75) is 12.3 Å². The Hall–Kier alpha value is -7.88. The van der Waals surface area contributed by atoms with Crippen LogP contribution in [0.15, 0.2) is 231 Å². The van der Waals surface area contributed by atoms with Crippen LogP contribution in [-0.2, 0) is 0 Å². The zero-order valence-corrected chi connectivity index (χ0v) is 33.6. The minimum absolute atomic E-state index is 0.389. The average molecular weight is 780 g/mol. The maximum absolute atomic E-state index is 2.43. The maximum Gasteiger partial charge on any atom is 0.0561 e. The van der Waals surface area contributed by atoms with Gasteiger partial charge in [0, 0.05) is 56.1 Å². The highest BCUT2D eigenvalue weighted by Gasteiger charge is 2.26. The van der Waals surface area contributed by atoms with Crippen molar-refractivity contribution >= 4 is 66.7 Å². The third-order valence-electron chi connectivity index (χ3n) is 12.6. The van der Waals surface area contributed by atoms with E-state index in [4.69, 9.17) is 0 Å². The van der Waals surface area contributed by atoms with Gasteiger partial charge in [-0.3, -0.25) is 0 Å². The second kappa shape index (κ2) is 14.4. The normalized spacial score (nSPS) is 14.2. The molecule has 2 aliphatic rings. The number of benzene rings is 9. The molecule has 2 heterocycles. The van der Waals surface area contributed by atoms with Crippen LogP contribution in [0, 0.1) is 0 Å². The summed E-state index contributed by atoms with van der Waals surface area (Å²) in [5.74, 6) is 0.389. The summed E-state index contributed by atoms with van der Waals surface area (Å²) in [7, 11) is 0. The fraction of sp³-hybridized carbons (Fsp3) is 0.0345. The number of hydrogen-bond donors (Lipinski definition) is 0. The zero-order chi connectivity index (χ0) is 40.3. The third-order valence-corrected chi connectivity index (χ3v) is 12.6. The first-order valence-corrected chi connectivity index (χ1v) is 21.2. The summed E-state index contributed by atoms with van der Waals surface area (Å²) in [5, 5.41) is 5.03. The van der Waals surface area contributed by atoms with Crippen molar-refractivity contribution in [3.8, 4) is 27.9 Å². The minimum atomic E-state index is 0.389. The van der Waals surface area contributed by atoms with E-state index in [0.29, 0.717) is 5.92 Å². The Balaban J connectivity index is 0.983. The van der Waals surface area contributed by atoms with Crippen molar-refractivity contribution in [2.24, 2.45) is 0 Å². The van der Waals surface area contributed by atoms with Gasteiger partial charge in [-0.15, -0.1) is 0 Å². The Bertz CT molecular complexity index is 3320. The van der Waals surface area contributed by atoms with Gasteiger partial charge in [0.15, 0.2) is 0 Å². The summed E-state index contributed by atoms with van der Waals surface area (Å²) in [5.41, 5.74) is 16.6. The van der Waals surface area contributed by atoms with E-state index in [1.807, 2.05) is 0 Å². The summed E-state index contributed by atoms with van der Waals surface area (Å²) in [6.45, 7) is 0. The van der Waals surface area contributed by atoms with Crippen LogP contribution < -0.4 is 9.80 Å². The number of anilines is 6. The Morgan fingerprint density at radius 3 is 1.89 bits per heavy atom. The van der Waals surface area contributed by atoms with E-state index >= 15 is 0 Å². The molecular formula is C58H41N3. The molecule has 0 spiro atoms. The molecule has 9 aromatic carbocycles. The van der Waals surface area contributed by atoms with Gasteiger partial charge in [0.25, 0.3) is 0 Å². The van der Waals surface area contributed by atoms with E-state index in [0.717, 1.165) is 34.9 Å². The highest BCUT2D eigenvalue weighted by molar-refractivity contribution is 6.14. The smallest absolute Gasteiger partial charge is 0.0561 e. The van der Waals surface area contributed by atoms with E-state index in [2.05, 4.69) is 245 Å². The van der Waals surface area contributed by atoms with Gasteiger partial charge in [0.2, 0.25) is 0 Å². The summed E-state index contributed by atoms with van der Waals surface area (Å²) in [4.78, 5) is 4.83. The van der Waals surface area contributed by atoms with Gasteiger partial charge < -0.3 is 14.4 Å². The Morgan fingerprint density at radius 1 is 0.443 bits per heavy atom. The molecule has 3 nitrogen and oxygen atoms in total. The van der Waals surface area contributed by atoms with E-state index in [1.165, 1.54) is 71.8 Å². The lowest BCUT2D eigenvalue weighted by atomic mass is 9.89. The van der Waals surface area contributed by atoms with Crippen molar-refractivity contribution < 1.29 is 0 Å². The highest BCUT2D eigenvalue weighted by Crippen LogP contribution is 2.52. The monoisotopic (exact) mass is 779 g/mol.